The second-order valence-corrected chi connectivity index (χ2v) is 5.79. The van der Waals surface area contributed by atoms with E-state index in [4.69, 9.17) is 4.42 Å². The summed E-state index contributed by atoms with van der Waals surface area (Å²) in [5.74, 6) is -1.68. The van der Waals surface area contributed by atoms with Gasteiger partial charge in [-0.15, -0.1) is 0 Å². The first-order valence-corrected chi connectivity index (χ1v) is 8.25. The smallest absolute Gasteiger partial charge is 0.291 e. The van der Waals surface area contributed by atoms with E-state index < -0.39 is 17.5 Å². The van der Waals surface area contributed by atoms with Crippen molar-refractivity contribution in [3.63, 3.8) is 0 Å². The number of thioether (sulfide) groups is 1. The van der Waals surface area contributed by atoms with Crippen LogP contribution in [0.25, 0.3) is 11.0 Å². The topological polar surface area (TPSA) is 42.2 Å². The molecule has 0 spiro atoms. The number of carbonyl (C=O) groups excluding carboxylic acids is 1. The molecule has 23 heavy (non-hydrogen) atoms. The van der Waals surface area contributed by atoms with Crippen molar-refractivity contribution < 1.29 is 18.0 Å². The van der Waals surface area contributed by atoms with Gasteiger partial charge in [0.1, 0.15) is 5.58 Å². The highest BCUT2D eigenvalue weighted by molar-refractivity contribution is 7.97. The molecular weight excluding hydrogens is 320 g/mol. The minimum atomic E-state index is -1.02. The monoisotopic (exact) mass is 333 g/mol. The standard InChI is InChI=1S/C17H13F2NO2S/c1-23-9-12-11-4-2-3-5-15(11)22-16(12)17(21)20-10-6-7-13(18)14(19)8-10/h2-8H,9H2,1H3,(H,20,21). The number of carbonyl (C=O) groups is 1. The number of amides is 1. The molecule has 0 aliphatic rings. The van der Waals surface area contributed by atoms with Crippen LogP contribution in [0.5, 0.6) is 0 Å². The van der Waals surface area contributed by atoms with E-state index in [0.29, 0.717) is 11.3 Å². The predicted octanol–water partition coefficient (Wildman–Crippen LogP) is 4.83. The fourth-order valence-electron chi connectivity index (χ4n) is 2.33. The maximum absolute atomic E-state index is 13.2. The van der Waals surface area contributed by atoms with Gasteiger partial charge in [-0.2, -0.15) is 11.8 Å². The van der Waals surface area contributed by atoms with Gasteiger partial charge >= 0.3 is 0 Å². The van der Waals surface area contributed by atoms with Crippen molar-refractivity contribution in [2.24, 2.45) is 0 Å². The minimum Gasteiger partial charge on any atom is -0.451 e. The number of furan rings is 1. The third-order valence-electron chi connectivity index (χ3n) is 3.37. The fourth-order valence-corrected chi connectivity index (χ4v) is 2.91. The third-order valence-corrected chi connectivity index (χ3v) is 3.95. The Morgan fingerprint density at radius 1 is 1.17 bits per heavy atom. The van der Waals surface area contributed by atoms with Crippen LogP contribution in [0.1, 0.15) is 16.1 Å². The van der Waals surface area contributed by atoms with E-state index in [2.05, 4.69) is 5.32 Å². The number of nitrogens with one attached hydrogen (secondary N) is 1. The van der Waals surface area contributed by atoms with Crippen molar-refractivity contribution >= 4 is 34.3 Å². The number of para-hydroxylation sites is 1. The minimum absolute atomic E-state index is 0.171. The Morgan fingerprint density at radius 3 is 2.70 bits per heavy atom. The van der Waals surface area contributed by atoms with Crippen molar-refractivity contribution in [1.29, 1.82) is 0 Å². The van der Waals surface area contributed by atoms with Crippen LogP contribution in [-0.2, 0) is 5.75 Å². The molecule has 118 valence electrons. The molecule has 1 amide bonds. The van der Waals surface area contributed by atoms with Crippen molar-refractivity contribution in [2.75, 3.05) is 11.6 Å². The first-order chi connectivity index (χ1) is 11.1. The van der Waals surface area contributed by atoms with Crippen molar-refractivity contribution in [2.45, 2.75) is 5.75 Å². The van der Waals surface area contributed by atoms with Gasteiger partial charge in [-0.05, 0) is 24.5 Å². The molecule has 0 saturated carbocycles. The number of anilines is 1. The summed E-state index contributed by atoms with van der Waals surface area (Å²) in [5.41, 5.74) is 1.57. The Balaban J connectivity index is 1.96. The Morgan fingerprint density at radius 2 is 1.96 bits per heavy atom. The molecule has 3 nitrogen and oxygen atoms in total. The molecule has 1 N–H and O–H groups in total. The number of hydrogen-bond acceptors (Lipinski definition) is 3. The number of rotatable bonds is 4. The van der Waals surface area contributed by atoms with Gasteiger partial charge in [-0.25, -0.2) is 8.78 Å². The molecule has 0 fully saturated rings. The lowest BCUT2D eigenvalue weighted by Crippen LogP contribution is -2.13. The SMILES string of the molecule is CSCc1c(C(=O)Nc2ccc(F)c(F)c2)oc2ccccc12. The average Bonchev–Trinajstić information content (AvgIpc) is 2.90. The van der Waals surface area contributed by atoms with E-state index in [0.717, 1.165) is 23.1 Å². The molecule has 0 aliphatic heterocycles. The van der Waals surface area contributed by atoms with E-state index in [1.165, 1.54) is 6.07 Å². The second-order valence-electron chi connectivity index (χ2n) is 4.92. The zero-order chi connectivity index (χ0) is 16.4. The molecule has 0 radical (unpaired) electrons. The lowest BCUT2D eigenvalue weighted by atomic mass is 10.1. The van der Waals surface area contributed by atoms with Crippen LogP contribution in [-0.4, -0.2) is 12.2 Å². The summed E-state index contributed by atoms with van der Waals surface area (Å²) in [6, 6.07) is 10.6. The zero-order valence-corrected chi connectivity index (χ0v) is 13.0. The summed E-state index contributed by atoms with van der Waals surface area (Å²) in [6.07, 6.45) is 1.93. The number of hydrogen-bond donors (Lipinski definition) is 1. The summed E-state index contributed by atoms with van der Waals surface area (Å²) < 4.78 is 31.8. The second kappa shape index (κ2) is 6.42. The summed E-state index contributed by atoms with van der Waals surface area (Å²) in [5, 5.41) is 3.41. The largest absolute Gasteiger partial charge is 0.451 e. The molecule has 0 aliphatic carbocycles. The van der Waals surface area contributed by atoms with Gasteiger partial charge in [-0.3, -0.25) is 4.79 Å². The van der Waals surface area contributed by atoms with Crippen LogP contribution in [0.15, 0.2) is 46.9 Å². The van der Waals surface area contributed by atoms with Crippen LogP contribution in [0.4, 0.5) is 14.5 Å². The third kappa shape index (κ3) is 3.07. The van der Waals surface area contributed by atoms with E-state index in [-0.39, 0.29) is 11.4 Å². The molecule has 1 heterocycles. The lowest BCUT2D eigenvalue weighted by molar-refractivity contribution is 0.0998. The Hall–Kier alpha value is -2.34. The fraction of sp³-hybridized carbons (Fsp3) is 0.118. The summed E-state index contributed by atoms with van der Waals surface area (Å²) >= 11 is 1.57. The van der Waals surface area contributed by atoms with Crippen LogP contribution in [0.3, 0.4) is 0 Å². The maximum atomic E-state index is 13.2. The van der Waals surface area contributed by atoms with Gasteiger partial charge in [0.05, 0.1) is 0 Å². The summed E-state index contributed by atoms with van der Waals surface area (Å²) in [6.45, 7) is 0. The highest BCUT2D eigenvalue weighted by atomic mass is 32.2. The van der Waals surface area contributed by atoms with Gasteiger partial charge in [0, 0.05) is 28.5 Å². The molecule has 0 saturated heterocycles. The van der Waals surface area contributed by atoms with Gasteiger partial charge in [0.15, 0.2) is 17.4 Å². The van der Waals surface area contributed by atoms with Crippen molar-refractivity contribution in [1.82, 2.24) is 0 Å². The number of halogens is 2. The van der Waals surface area contributed by atoms with E-state index >= 15 is 0 Å². The molecule has 0 unspecified atom stereocenters. The Labute approximate surface area is 135 Å². The first-order valence-electron chi connectivity index (χ1n) is 6.86. The first kappa shape index (κ1) is 15.6. The lowest BCUT2D eigenvalue weighted by Gasteiger charge is -2.05. The molecule has 6 heteroatoms. The highest BCUT2D eigenvalue weighted by Crippen LogP contribution is 2.29. The molecule has 0 atom stereocenters. The quantitative estimate of drug-likeness (QED) is 0.744. The Kier molecular flexibility index (Phi) is 4.34. The molecular formula is C17H13F2NO2S. The molecule has 0 bridgehead atoms. The van der Waals surface area contributed by atoms with Gasteiger partial charge in [-0.1, -0.05) is 18.2 Å². The summed E-state index contributed by atoms with van der Waals surface area (Å²) in [4.78, 5) is 12.4. The Bertz CT molecular complexity index is 876. The van der Waals surface area contributed by atoms with Gasteiger partial charge in [0.2, 0.25) is 0 Å². The summed E-state index contributed by atoms with van der Waals surface area (Å²) in [7, 11) is 0. The van der Waals surface area contributed by atoms with Crippen LogP contribution in [0.2, 0.25) is 0 Å². The van der Waals surface area contributed by atoms with E-state index in [1.54, 1.807) is 17.8 Å². The van der Waals surface area contributed by atoms with Crippen LogP contribution >= 0.6 is 11.8 Å². The van der Waals surface area contributed by atoms with E-state index in [9.17, 15) is 13.6 Å². The highest BCUT2D eigenvalue weighted by Gasteiger charge is 2.20. The molecule has 1 aromatic heterocycles. The van der Waals surface area contributed by atoms with Crippen LogP contribution < -0.4 is 5.32 Å². The predicted molar refractivity (Wildman–Crippen MR) is 87.7 cm³/mol. The molecule has 3 rings (SSSR count). The molecule has 3 aromatic rings. The number of benzene rings is 2. The molecule has 2 aromatic carbocycles. The average molecular weight is 333 g/mol. The zero-order valence-electron chi connectivity index (χ0n) is 12.2. The van der Waals surface area contributed by atoms with Crippen LogP contribution in [0, 0.1) is 11.6 Å². The van der Waals surface area contributed by atoms with Crippen molar-refractivity contribution in [3.8, 4) is 0 Å². The van der Waals surface area contributed by atoms with Gasteiger partial charge < -0.3 is 9.73 Å². The normalized spacial score (nSPS) is 10.9. The van der Waals surface area contributed by atoms with E-state index in [1.807, 2.05) is 24.5 Å². The van der Waals surface area contributed by atoms with Crippen molar-refractivity contribution in [3.05, 3.63) is 65.4 Å². The maximum Gasteiger partial charge on any atom is 0.291 e. The number of fused-ring (bicyclic) bond motifs is 1. The van der Waals surface area contributed by atoms with Gasteiger partial charge in [0.25, 0.3) is 5.91 Å².